The third kappa shape index (κ3) is 5.20. The average Bonchev–Trinajstić information content (AvgIpc) is 2.78. The van der Waals surface area contributed by atoms with Crippen LogP contribution >= 0.6 is 0 Å². The average molecular weight is 434 g/mol. The molecule has 164 valence electrons. The zero-order valence-corrected chi connectivity index (χ0v) is 17.6. The predicted octanol–water partition coefficient (Wildman–Crippen LogP) is 3.85. The number of hydrogen-bond acceptors (Lipinski definition) is 7. The van der Waals surface area contributed by atoms with Crippen LogP contribution in [0.3, 0.4) is 0 Å². The van der Waals surface area contributed by atoms with E-state index in [9.17, 15) is 14.9 Å². The largest absolute Gasteiger partial charge is 0.482 e. The second kappa shape index (κ2) is 9.61. The van der Waals surface area contributed by atoms with Crippen molar-refractivity contribution in [2.24, 2.45) is 10.9 Å². The first-order valence-corrected chi connectivity index (χ1v) is 9.63. The van der Waals surface area contributed by atoms with Crippen LogP contribution in [0.5, 0.6) is 5.75 Å². The number of carbonyl (C=O) groups is 1. The first-order chi connectivity index (χ1) is 15.3. The van der Waals surface area contributed by atoms with E-state index < -0.39 is 10.9 Å². The van der Waals surface area contributed by atoms with Gasteiger partial charge in [0.15, 0.2) is 11.6 Å². The molecule has 0 saturated heterocycles. The highest BCUT2D eigenvalue weighted by Gasteiger charge is 2.16. The summed E-state index contributed by atoms with van der Waals surface area (Å²) in [7, 11) is 0. The molecule has 0 atom stereocenters. The van der Waals surface area contributed by atoms with Crippen LogP contribution in [0.2, 0.25) is 0 Å². The summed E-state index contributed by atoms with van der Waals surface area (Å²) in [5, 5.41) is 15.0. The lowest BCUT2D eigenvalue weighted by Gasteiger charge is -2.09. The Morgan fingerprint density at radius 1 is 1.09 bits per heavy atom. The van der Waals surface area contributed by atoms with Gasteiger partial charge < -0.3 is 21.0 Å². The van der Waals surface area contributed by atoms with Gasteiger partial charge in [-0.25, -0.2) is 4.79 Å². The van der Waals surface area contributed by atoms with Gasteiger partial charge in [-0.1, -0.05) is 35.5 Å². The van der Waals surface area contributed by atoms with Crippen molar-refractivity contribution in [2.45, 2.75) is 20.5 Å². The lowest BCUT2D eigenvalue weighted by Crippen LogP contribution is -2.17. The summed E-state index contributed by atoms with van der Waals surface area (Å²) < 4.78 is 5.60. The van der Waals surface area contributed by atoms with Gasteiger partial charge in [-0.3, -0.25) is 10.1 Å². The number of aryl methyl sites for hydroxylation is 1. The Hall–Kier alpha value is -4.40. The smallest absolute Gasteiger partial charge is 0.365 e. The van der Waals surface area contributed by atoms with Gasteiger partial charge in [-0.2, -0.15) is 0 Å². The van der Waals surface area contributed by atoms with Crippen molar-refractivity contribution in [2.75, 3.05) is 5.73 Å². The molecule has 0 fully saturated rings. The van der Waals surface area contributed by atoms with Crippen LogP contribution in [-0.4, -0.2) is 16.7 Å². The summed E-state index contributed by atoms with van der Waals surface area (Å²) in [5.74, 6) is -0.546. The molecule has 0 amide bonds. The highest BCUT2D eigenvalue weighted by atomic mass is 16.7. The van der Waals surface area contributed by atoms with Crippen molar-refractivity contribution < 1.29 is 19.3 Å². The molecular formula is C23H22N4O5. The Labute approximate surface area is 184 Å². The monoisotopic (exact) mass is 434 g/mol. The SMILES string of the molecule is Cc1ccc(OCc2cccc(C(=O)O/N=C(\N)c3cccc(N)c3C)c2)c([N+](=O)[O-])c1. The fourth-order valence-corrected chi connectivity index (χ4v) is 2.96. The van der Waals surface area contributed by atoms with E-state index in [4.69, 9.17) is 21.0 Å². The van der Waals surface area contributed by atoms with Crippen LogP contribution in [0.1, 0.15) is 32.6 Å². The molecule has 0 spiro atoms. The number of nitrogens with two attached hydrogens (primary N) is 2. The molecule has 3 aromatic rings. The van der Waals surface area contributed by atoms with Crippen LogP contribution in [0.4, 0.5) is 11.4 Å². The number of amidine groups is 1. The Kier molecular flexibility index (Phi) is 6.69. The normalized spacial score (nSPS) is 11.1. The summed E-state index contributed by atoms with van der Waals surface area (Å²) in [6, 6.07) is 16.4. The number of nitro groups is 1. The maximum Gasteiger partial charge on any atom is 0.365 e. The first-order valence-electron chi connectivity index (χ1n) is 9.63. The molecule has 3 rings (SSSR count). The van der Waals surface area contributed by atoms with E-state index in [0.29, 0.717) is 16.8 Å². The highest BCUT2D eigenvalue weighted by molar-refractivity contribution is 6.00. The molecule has 0 saturated carbocycles. The molecule has 4 N–H and O–H groups in total. The van der Waals surface area contributed by atoms with Gasteiger partial charge in [-0.05, 0) is 54.8 Å². The molecule has 0 aromatic heterocycles. The summed E-state index contributed by atoms with van der Waals surface area (Å²) in [5.41, 5.74) is 15.1. The molecule has 0 bridgehead atoms. The number of nitrogen functional groups attached to an aromatic ring is 1. The van der Waals surface area contributed by atoms with Crippen molar-refractivity contribution >= 4 is 23.2 Å². The summed E-state index contributed by atoms with van der Waals surface area (Å²) >= 11 is 0. The summed E-state index contributed by atoms with van der Waals surface area (Å²) in [4.78, 5) is 28.1. The van der Waals surface area contributed by atoms with Gasteiger partial charge >= 0.3 is 11.7 Å². The number of hydrogen-bond donors (Lipinski definition) is 2. The first kappa shape index (κ1) is 22.3. The topological polar surface area (TPSA) is 143 Å². The lowest BCUT2D eigenvalue weighted by atomic mass is 10.1. The van der Waals surface area contributed by atoms with Gasteiger partial charge in [0.2, 0.25) is 0 Å². The third-order valence-corrected chi connectivity index (χ3v) is 4.75. The number of anilines is 1. The minimum absolute atomic E-state index is 0.0225. The molecule has 0 heterocycles. The molecule has 9 heteroatoms. The lowest BCUT2D eigenvalue weighted by molar-refractivity contribution is -0.386. The molecular weight excluding hydrogens is 412 g/mol. The minimum atomic E-state index is -0.710. The van der Waals surface area contributed by atoms with Crippen LogP contribution in [0.25, 0.3) is 0 Å². The third-order valence-electron chi connectivity index (χ3n) is 4.75. The van der Waals surface area contributed by atoms with Gasteiger partial charge in [0, 0.05) is 17.3 Å². The Bertz CT molecular complexity index is 1210. The predicted molar refractivity (Wildman–Crippen MR) is 120 cm³/mol. The van der Waals surface area contributed by atoms with Gasteiger partial charge in [0.1, 0.15) is 6.61 Å². The van der Waals surface area contributed by atoms with Crippen molar-refractivity contribution in [1.82, 2.24) is 0 Å². The van der Waals surface area contributed by atoms with E-state index in [-0.39, 0.29) is 29.4 Å². The molecule has 0 aliphatic carbocycles. The van der Waals surface area contributed by atoms with Gasteiger partial charge in [0.25, 0.3) is 0 Å². The number of ether oxygens (including phenoxy) is 1. The zero-order chi connectivity index (χ0) is 23.3. The van der Waals surface area contributed by atoms with Crippen LogP contribution < -0.4 is 16.2 Å². The van der Waals surface area contributed by atoms with Crippen molar-refractivity contribution in [3.05, 3.63) is 98.6 Å². The van der Waals surface area contributed by atoms with Gasteiger partial charge in [0.05, 0.1) is 10.5 Å². The zero-order valence-electron chi connectivity index (χ0n) is 17.6. The molecule has 9 nitrogen and oxygen atoms in total. The molecule has 0 radical (unpaired) electrons. The van der Waals surface area contributed by atoms with E-state index in [1.54, 1.807) is 68.4 Å². The molecule has 0 aliphatic rings. The second-order valence-electron chi connectivity index (χ2n) is 7.09. The van der Waals surface area contributed by atoms with Crippen LogP contribution in [-0.2, 0) is 11.4 Å². The van der Waals surface area contributed by atoms with Crippen molar-refractivity contribution in [1.29, 1.82) is 0 Å². The highest BCUT2D eigenvalue weighted by Crippen LogP contribution is 2.28. The van der Waals surface area contributed by atoms with E-state index in [1.807, 2.05) is 0 Å². The second-order valence-corrected chi connectivity index (χ2v) is 7.09. The number of benzene rings is 3. The van der Waals surface area contributed by atoms with E-state index in [0.717, 1.165) is 11.1 Å². The fraction of sp³-hybridized carbons (Fsp3) is 0.130. The summed E-state index contributed by atoms with van der Waals surface area (Å²) in [6.07, 6.45) is 0. The van der Waals surface area contributed by atoms with Gasteiger partial charge in [-0.15, -0.1) is 0 Å². The van der Waals surface area contributed by atoms with Crippen molar-refractivity contribution in [3.63, 3.8) is 0 Å². The molecule has 3 aromatic carbocycles. The maximum atomic E-state index is 12.4. The number of nitro benzene ring substituents is 1. The van der Waals surface area contributed by atoms with Crippen molar-refractivity contribution in [3.8, 4) is 5.75 Å². The Morgan fingerprint density at radius 2 is 1.84 bits per heavy atom. The van der Waals surface area contributed by atoms with Crippen LogP contribution in [0.15, 0.2) is 65.8 Å². The minimum Gasteiger partial charge on any atom is -0.482 e. The number of nitrogens with zero attached hydrogens (tertiary/aromatic N) is 2. The quantitative estimate of drug-likeness (QED) is 0.144. The molecule has 0 unspecified atom stereocenters. The molecule has 0 aliphatic heterocycles. The Morgan fingerprint density at radius 3 is 2.59 bits per heavy atom. The molecule has 32 heavy (non-hydrogen) atoms. The summed E-state index contributed by atoms with van der Waals surface area (Å²) in [6.45, 7) is 3.57. The van der Waals surface area contributed by atoms with E-state index in [2.05, 4.69) is 5.16 Å². The number of oxime groups is 1. The maximum absolute atomic E-state index is 12.4. The van der Waals surface area contributed by atoms with E-state index >= 15 is 0 Å². The number of carbonyl (C=O) groups excluding carboxylic acids is 1. The standard InChI is InChI=1S/C23H22N4O5/c1-14-9-10-21(20(11-14)27(29)30)31-13-16-5-3-6-17(12-16)23(28)32-26-22(25)18-7-4-8-19(24)15(18)2/h3-12H,13,24H2,1-2H3,(H2,25,26). The number of rotatable bonds is 7. The fourth-order valence-electron chi connectivity index (χ4n) is 2.96. The van der Waals surface area contributed by atoms with Crippen LogP contribution in [0, 0.1) is 24.0 Å². The van der Waals surface area contributed by atoms with E-state index in [1.165, 1.54) is 6.07 Å². The Balaban J connectivity index is 1.70.